The molecule has 0 radical (unpaired) electrons. The molecule has 1 aliphatic heterocycles. The van der Waals surface area contributed by atoms with Crippen LogP contribution in [-0.4, -0.2) is 45.2 Å². The Labute approximate surface area is 174 Å². The van der Waals surface area contributed by atoms with E-state index in [4.69, 9.17) is 21.1 Å². The summed E-state index contributed by atoms with van der Waals surface area (Å²) in [5.41, 5.74) is 2.82. The summed E-state index contributed by atoms with van der Waals surface area (Å²) in [4.78, 5) is 18.8. The van der Waals surface area contributed by atoms with Crippen molar-refractivity contribution in [2.75, 3.05) is 13.7 Å². The van der Waals surface area contributed by atoms with Gasteiger partial charge in [-0.1, -0.05) is 23.7 Å². The molecule has 0 saturated carbocycles. The van der Waals surface area contributed by atoms with E-state index in [-0.39, 0.29) is 17.9 Å². The van der Waals surface area contributed by atoms with E-state index in [0.717, 1.165) is 22.4 Å². The van der Waals surface area contributed by atoms with Crippen LogP contribution in [0.2, 0.25) is 5.15 Å². The number of aromatic nitrogens is 3. The quantitative estimate of drug-likeness (QED) is 0.617. The molecular formula is C21H23ClN4O3. The second kappa shape index (κ2) is 7.91. The lowest BCUT2D eigenvalue weighted by molar-refractivity contribution is -0.128. The van der Waals surface area contributed by atoms with Gasteiger partial charge in [-0.15, -0.1) is 0 Å². The van der Waals surface area contributed by atoms with Gasteiger partial charge >= 0.3 is 0 Å². The van der Waals surface area contributed by atoms with Crippen molar-refractivity contribution >= 4 is 23.0 Å². The van der Waals surface area contributed by atoms with E-state index in [0.29, 0.717) is 30.5 Å². The second-order valence-electron chi connectivity index (χ2n) is 7.40. The number of rotatable bonds is 6. The fraction of sp³-hybridized carbons (Fsp3) is 0.381. The molecule has 1 aromatic carbocycles. The van der Waals surface area contributed by atoms with Crippen LogP contribution in [0.4, 0.5) is 0 Å². The van der Waals surface area contributed by atoms with Crippen LogP contribution in [-0.2, 0) is 11.3 Å². The van der Waals surface area contributed by atoms with Gasteiger partial charge in [0.25, 0.3) is 0 Å². The molecule has 2 aromatic heterocycles. The van der Waals surface area contributed by atoms with Gasteiger partial charge < -0.3 is 14.4 Å². The van der Waals surface area contributed by atoms with Gasteiger partial charge in [-0.3, -0.25) is 4.79 Å². The van der Waals surface area contributed by atoms with Gasteiger partial charge in [0.15, 0.2) is 5.15 Å². The summed E-state index contributed by atoms with van der Waals surface area (Å²) < 4.78 is 13.0. The molecule has 0 N–H and O–H groups in total. The van der Waals surface area contributed by atoms with E-state index in [1.165, 1.54) is 0 Å². The standard InChI is InChI=1S/C21H23ClN4O3/c1-13-9-23-26-12-18(22)24-21(20(13)26)29-14(2)16-8-19(27)25(11-16)10-15-4-6-17(28-3)7-5-15/h4-7,9,12,14,16H,8,10-11H2,1-3H3/t14-,16-/m1/s1. The highest BCUT2D eigenvalue weighted by Gasteiger charge is 2.34. The highest BCUT2D eigenvalue weighted by Crippen LogP contribution is 2.29. The van der Waals surface area contributed by atoms with Gasteiger partial charge in [0, 0.05) is 31.0 Å². The fourth-order valence-corrected chi connectivity index (χ4v) is 3.84. The molecule has 0 bridgehead atoms. The van der Waals surface area contributed by atoms with Crippen molar-refractivity contribution in [2.45, 2.75) is 32.9 Å². The Morgan fingerprint density at radius 2 is 2.07 bits per heavy atom. The lowest BCUT2D eigenvalue weighted by Crippen LogP contribution is -2.29. The van der Waals surface area contributed by atoms with E-state index in [2.05, 4.69) is 10.1 Å². The number of halogens is 1. The van der Waals surface area contributed by atoms with Gasteiger partial charge in [0.2, 0.25) is 11.8 Å². The Bertz CT molecular complexity index is 1030. The molecule has 3 heterocycles. The van der Waals surface area contributed by atoms with Gasteiger partial charge in [0.1, 0.15) is 17.4 Å². The lowest BCUT2D eigenvalue weighted by atomic mass is 10.0. The molecule has 1 amide bonds. The van der Waals surface area contributed by atoms with Crippen LogP contribution in [0, 0.1) is 12.8 Å². The molecule has 4 rings (SSSR count). The first-order valence-corrected chi connectivity index (χ1v) is 9.90. The Balaban J connectivity index is 1.45. The third-order valence-corrected chi connectivity index (χ3v) is 5.54. The first-order valence-electron chi connectivity index (χ1n) is 9.52. The molecule has 2 atom stereocenters. The highest BCUT2D eigenvalue weighted by molar-refractivity contribution is 6.29. The molecule has 29 heavy (non-hydrogen) atoms. The predicted octanol–water partition coefficient (Wildman–Crippen LogP) is 3.52. The normalized spacial score (nSPS) is 17.7. The molecular weight excluding hydrogens is 392 g/mol. The molecule has 3 aromatic rings. The number of hydrogen-bond acceptors (Lipinski definition) is 5. The Hall–Kier alpha value is -2.80. The first-order chi connectivity index (χ1) is 13.9. The van der Waals surface area contributed by atoms with Crippen LogP contribution in [0.5, 0.6) is 11.6 Å². The van der Waals surface area contributed by atoms with Crippen LogP contribution < -0.4 is 9.47 Å². The van der Waals surface area contributed by atoms with Crippen molar-refractivity contribution in [3.05, 3.63) is 52.9 Å². The average molecular weight is 415 g/mol. The number of likely N-dealkylation sites (tertiary alicyclic amines) is 1. The Morgan fingerprint density at radius 1 is 1.31 bits per heavy atom. The number of fused-ring (bicyclic) bond motifs is 1. The number of carbonyl (C=O) groups excluding carboxylic acids is 1. The number of carbonyl (C=O) groups is 1. The van der Waals surface area contributed by atoms with Gasteiger partial charge in [0.05, 0.1) is 19.5 Å². The molecule has 1 saturated heterocycles. The number of hydrogen-bond donors (Lipinski definition) is 0. The Kier molecular flexibility index (Phi) is 5.32. The number of nitrogens with zero attached hydrogens (tertiary/aromatic N) is 4. The highest BCUT2D eigenvalue weighted by atomic mass is 35.5. The zero-order valence-electron chi connectivity index (χ0n) is 16.6. The minimum atomic E-state index is -0.191. The van der Waals surface area contributed by atoms with Crippen molar-refractivity contribution in [1.29, 1.82) is 0 Å². The topological polar surface area (TPSA) is 69.0 Å². The first kappa shape index (κ1) is 19.5. The molecule has 0 unspecified atom stereocenters. The predicted molar refractivity (Wildman–Crippen MR) is 109 cm³/mol. The summed E-state index contributed by atoms with van der Waals surface area (Å²) in [5, 5.41) is 4.58. The van der Waals surface area contributed by atoms with E-state index >= 15 is 0 Å². The van der Waals surface area contributed by atoms with Gasteiger partial charge in [-0.05, 0) is 31.5 Å². The average Bonchev–Trinajstić information content (AvgIpc) is 3.25. The van der Waals surface area contributed by atoms with E-state index in [1.54, 1.807) is 24.0 Å². The maximum atomic E-state index is 12.5. The molecule has 8 heteroatoms. The largest absolute Gasteiger partial charge is 0.497 e. The van der Waals surface area contributed by atoms with Gasteiger partial charge in [-0.25, -0.2) is 4.52 Å². The minimum Gasteiger partial charge on any atom is -0.497 e. The van der Waals surface area contributed by atoms with Crippen LogP contribution in [0.25, 0.3) is 5.52 Å². The number of benzene rings is 1. The van der Waals surface area contributed by atoms with Crippen molar-refractivity contribution in [3.8, 4) is 11.6 Å². The molecule has 1 fully saturated rings. The SMILES string of the molecule is COc1ccc(CN2C[C@H]([C@@H](C)Oc3nc(Cl)cn4ncc(C)c34)CC2=O)cc1. The summed E-state index contributed by atoms with van der Waals surface area (Å²) in [6.45, 7) is 5.14. The summed E-state index contributed by atoms with van der Waals surface area (Å²) in [7, 11) is 1.64. The summed E-state index contributed by atoms with van der Waals surface area (Å²) in [6.07, 6.45) is 3.66. The van der Waals surface area contributed by atoms with Crippen LogP contribution in [0.3, 0.4) is 0 Å². The molecule has 0 spiro atoms. The van der Waals surface area contributed by atoms with Crippen molar-refractivity contribution < 1.29 is 14.3 Å². The van der Waals surface area contributed by atoms with E-state index < -0.39 is 0 Å². The zero-order chi connectivity index (χ0) is 20.5. The molecule has 152 valence electrons. The minimum absolute atomic E-state index is 0.0739. The van der Waals surface area contributed by atoms with Crippen LogP contribution in [0.1, 0.15) is 24.5 Å². The van der Waals surface area contributed by atoms with Crippen molar-refractivity contribution in [1.82, 2.24) is 19.5 Å². The van der Waals surface area contributed by atoms with Crippen molar-refractivity contribution in [2.24, 2.45) is 5.92 Å². The van der Waals surface area contributed by atoms with Crippen LogP contribution >= 0.6 is 11.6 Å². The monoisotopic (exact) mass is 414 g/mol. The number of ether oxygens (including phenoxy) is 2. The third-order valence-electron chi connectivity index (χ3n) is 5.36. The smallest absolute Gasteiger partial charge is 0.242 e. The maximum absolute atomic E-state index is 12.5. The lowest BCUT2D eigenvalue weighted by Gasteiger charge is -2.22. The van der Waals surface area contributed by atoms with E-state index in [9.17, 15) is 4.79 Å². The third kappa shape index (κ3) is 4.00. The van der Waals surface area contributed by atoms with Gasteiger partial charge in [-0.2, -0.15) is 10.1 Å². The summed E-state index contributed by atoms with van der Waals surface area (Å²) >= 11 is 6.11. The zero-order valence-corrected chi connectivity index (χ0v) is 17.4. The molecule has 1 aliphatic rings. The summed E-state index contributed by atoms with van der Waals surface area (Å²) in [5.74, 6) is 1.45. The fourth-order valence-electron chi connectivity index (χ4n) is 3.67. The Morgan fingerprint density at radius 3 is 2.79 bits per heavy atom. The van der Waals surface area contributed by atoms with Crippen LogP contribution in [0.15, 0.2) is 36.7 Å². The second-order valence-corrected chi connectivity index (χ2v) is 7.79. The molecule has 7 nitrogen and oxygen atoms in total. The van der Waals surface area contributed by atoms with E-state index in [1.807, 2.05) is 43.0 Å². The number of aryl methyl sites for hydroxylation is 1. The number of amides is 1. The molecule has 0 aliphatic carbocycles. The maximum Gasteiger partial charge on any atom is 0.242 e. The number of methoxy groups -OCH3 is 1. The van der Waals surface area contributed by atoms with Crippen molar-refractivity contribution in [3.63, 3.8) is 0 Å². The summed E-state index contributed by atoms with van der Waals surface area (Å²) in [6, 6.07) is 7.77.